The Hall–Kier alpha value is -0.800. The Bertz CT molecular complexity index is 414. The van der Waals surface area contributed by atoms with Crippen LogP contribution in [0.3, 0.4) is 0 Å². The summed E-state index contributed by atoms with van der Waals surface area (Å²) in [6, 6.07) is 7.45. The zero-order chi connectivity index (χ0) is 9.26. The summed E-state index contributed by atoms with van der Waals surface area (Å²) < 4.78 is 5.60. The maximum Gasteiger partial charge on any atom is 0.124 e. The van der Waals surface area contributed by atoms with Crippen LogP contribution in [0.1, 0.15) is 0 Å². The minimum atomic E-state index is 0.649. The largest absolute Gasteiger partial charge is 0.364 e. The molecule has 1 aromatic carbocycles. The third kappa shape index (κ3) is 1.62. The van der Waals surface area contributed by atoms with Crippen LogP contribution in [0.2, 0.25) is 5.02 Å². The molecule has 1 aromatic heterocycles. The van der Waals surface area contributed by atoms with Crippen LogP contribution < -0.4 is 0 Å². The highest BCUT2D eigenvalue weighted by atomic mass is 79.9. The van der Waals surface area contributed by atoms with E-state index in [0.29, 0.717) is 5.02 Å². The summed E-state index contributed by atoms with van der Waals surface area (Å²) in [5.41, 5.74) is 1.61. The van der Waals surface area contributed by atoms with E-state index in [-0.39, 0.29) is 0 Å². The van der Waals surface area contributed by atoms with Crippen molar-refractivity contribution >= 4 is 27.5 Å². The van der Waals surface area contributed by atoms with Gasteiger partial charge in [-0.3, -0.25) is 0 Å². The quantitative estimate of drug-likeness (QED) is 0.778. The number of aromatic nitrogens is 1. The van der Waals surface area contributed by atoms with Crippen molar-refractivity contribution in [3.05, 3.63) is 40.0 Å². The summed E-state index contributed by atoms with van der Waals surface area (Å²) in [6.45, 7) is 0. The zero-order valence-electron chi connectivity index (χ0n) is 6.50. The van der Waals surface area contributed by atoms with E-state index in [0.717, 1.165) is 15.7 Å². The first-order valence-electron chi connectivity index (χ1n) is 3.64. The van der Waals surface area contributed by atoms with Gasteiger partial charge in [0.25, 0.3) is 0 Å². The van der Waals surface area contributed by atoms with E-state index in [1.165, 1.54) is 6.26 Å². The van der Waals surface area contributed by atoms with Crippen molar-refractivity contribution in [1.29, 1.82) is 0 Å². The number of hydrogen-bond acceptors (Lipinski definition) is 2. The molecule has 0 aliphatic carbocycles. The normalized spacial score (nSPS) is 10.3. The van der Waals surface area contributed by atoms with Crippen molar-refractivity contribution in [2.75, 3.05) is 0 Å². The number of nitrogens with zero attached hydrogens (tertiary/aromatic N) is 1. The molecule has 0 spiro atoms. The van der Waals surface area contributed by atoms with Gasteiger partial charge in [-0.2, -0.15) is 0 Å². The summed E-state index contributed by atoms with van der Waals surface area (Å²) in [7, 11) is 0. The van der Waals surface area contributed by atoms with Crippen molar-refractivity contribution < 1.29 is 4.52 Å². The first-order chi connectivity index (χ1) is 6.29. The van der Waals surface area contributed by atoms with Crippen LogP contribution in [0.4, 0.5) is 0 Å². The second-order valence-corrected chi connectivity index (χ2v) is 3.72. The lowest BCUT2D eigenvalue weighted by molar-refractivity contribution is 0.422. The molecule has 13 heavy (non-hydrogen) atoms. The molecule has 0 radical (unpaired) electrons. The van der Waals surface area contributed by atoms with Gasteiger partial charge in [0.1, 0.15) is 12.0 Å². The van der Waals surface area contributed by atoms with Gasteiger partial charge in [0, 0.05) is 16.1 Å². The third-order valence-electron chi connectivity index (χ3n) is 1.67. The molecule has 0 unspecified atom stereocenters. The lowest BCUT2D eigenvalue weighted by atomic mass is 10.1. The minimum Gasteiger partial charge on any atom is -0.364 e. The van der Waals surface area contributed by atoms with E-state index in [1.54, 1.807) is 6.07 Å². The molecule has 0 N–H and O–H groups in total. The topological polar surface area (TPSA) is 26.0 Å². The van der Waals surface area contributed by atoms with E-state index in [4.69, 9.17) is 16.1 Å². The van der Waals surface area contributed by atoms with Crippen molar-refractivity contribution in [1.82, 2.24) is 5.16 Å². The summed E-state index contributed by atoms with van der Waals surface area (Å²) >= 11 is 9.40. The lowest BCUT2D eigenvalue weighted by Gasteiger charge is -2.00. The number of benzene rings is 1. The van der Waals surface area contributed by atoms with Crippen LogP contribution >= 0.6 is 27.5 Å². The van der Waals surface area contributed by atoms with Gasteiger partial charge in [-0.25, -0.2) is 0 Å². The zero-order valence-corrected chi connectivity index (χ0v) is 8.84. The molecule has 0 saturated carbocycles. The summed E-state index contributed by atoms with van der Waals surface area (Å²) in [5, 5.41) is 4.46. The Balaban J connectivity index is 2.59. The second kappa shape index (κ2) is 3.52. The fourth-order valence-electron chi connectivity index (χ4n) is 1.05. The Labute approximate surface area is 88.6 Å². The molecule has 0 bridgehead atoms. The number of rotatable bonds is 1. The summed E-state index contributed by atoms with van der Waals surface area (Å²) in [6.07, 6.45) is 1.52. The van der Waals surface area contributed by atoms with E-state index in [1.807, 2.05) is 18.2 Å². The molecule has 0 aliphatic rings. The van der Waals surface area contributed by atoms with Gasteiger partial charge in [0.05, 0.1) is 5.02 Å². The van der Waals surface area contributed by atoms with Crippen LogP contribution in [0.15, 0.2) is 39.5 Å². The maximum absolute atomic E-state index is 6.06. The molecule has 0 atom stereocenters. The second-order valence-electron chi connectivity index (χ2n) is 2.49. The van der Waals surface area contributed by atoms with Crippen molar-refractivity contribution in [3.8, 4) is 11.3 Å². The molecule has 4 heteroatoms. The molecule has 2 nitrogen and oxygen atoms in total. The average molecular weight is 259 g/mol. The van der Waals surface area contributed by atoms with Crippen LogP contribution in [0.5, 0.6) is 0 Å². The predicted molar refractivity (Wildman–Crippen MR) is 54.6 cm³/mol. The van der Waals surface area contributed by atoms with Crippen molar-refractivity contribution in [2.24, 2.45) is 0 Å². The highest BCUT2D eigenvalue weighted by molar-refractivity contribution is 9.10. The van der Waals surface area contributed by atoms with Crippen molar-refractivity contribution in [2.45, 2.75) is 0 Å². The first-order valence-corrected chi connectivity index (χ1v) is 4.81. The highest BCUT2D eigenvalue weighted by Crippen LogP contribution is 2.32. The molecule has 0 aliphatic heterocycles. The molecule has 1 heterocycles. The summed E-state index contributed by atoms with van der Waals surface area (Å²) in [5.74, 6) is 0. The van der Waals surface area contributed by atoms with E-state index in [2.05, 4.69) is 21.1 Å². The number of hydrogen-bond donors (Lipinski definition) is 0. The third-order valence-corrected chi connectivity index (χ3v) is 2.96. The minimum absolute atomic E-state index is 0.649. The summed E-state index contributed by atoms with van der Waals surface area (Å²) in [4.78, 5) is 0. The fraction of sp³-hybridized carbons (Fsp3) is 0. The van der Waals surface area contributed by atoms with Crippen LogP contribution in [0, 0.1) is 0 Å². The average Bonchev–Trinajstić information content (AvgIpc) is 2.62. The fourth-order valence-corrected chi connectivity index (χ4v) is 1.64. The van der Waals surface area contributed by atoms with Gasteiger partial charge in [0.15, 0.2) is 0 Å². The van der Waals surface area contributed by atoms with Gasteiger partial charge in [0.2, 0.25) is 0 Å². The predicted octanol–water partition coefficient (Wildman–Crippen LogP) is 3.76. The monoisotopic (exact) mass is 257 g/mol. The van der Waals surface area contributed by atoms with Gasteiger partial charge < -0.3 is 4.52 Å². The molecule has 66 valence electrons. The van der Waals surface area contributed by atoms with Gasteiger partial charge in [-0.05, 0) is 22.0 Å². The van der Waals surface area contributed by atoms with Gasteiger partial charge >= 0.3 is 0 Å². The highest BCUT2D eigenvalue weighted by Gasteiger charge is 2.07. The van der Waals surface area contributed by atoms with Crippen LogP contribution in [0.25, 0.3) is 11.3 Å². The Morgan fingerprint density at radius 1 is 1.31 bits per heavy atom. The molecule has 2 rings (SSSR count). The Morgan fingerprint density at radius 2 is 2.15 bits per heavy atom. The Kier molecular flexibility index (Phi) is 2.38. The molecule has 0 amide bonds. The van der Waals surface area contributed by atoms with Crippen LogP contribution in [-0.2, 0) is 0 Å². The number of halogens is 2. The standard InChI is InChI=1S/C9H5BrClNO/c10-7-3-1-2-6(9(7)11)8-4-5-13-12-8/h1-5H. The first kappa shape index (κ1) is 8.78. The molecular weight excluding hydrogens is 253 g/mol. The molecule has 2 aromatic rings. The van der Waals surface area contributed by atoms with E-state index in [9.17, 15) is 0 Å². The van der Waals surface area contributed by atoms with E-state index < -0.39 is 0 Å². The van der Waals surface area contributed by atoms with Crippen LogP contribution in [-0.4, -0.2) is 5.16 Å². The SMILES string of the molecule is Clc1c(Br)cccc1-c1ccon1. The van der Waals surface area contributed by atoms with Gasteiger partial charge in [-0.1, -0.05) is 28.9 Å². The van der Waals surface area contributed by atoms with E-state index >= 15 is 0 Å². The maximum atomic E-state index is 6.06. The Morgan fingerprint density at radius 3 is 2.85 bits per heavy atom. The van der Waals surface area contributed by atoms with Gasteiger partial charge in [-0.15, -0.1) is 0 Å². The van der Waals surface area contributed by atoms with Crippen molar-refractivity contribution in [3.63, 3.8) is 0 Å². The smallest absolute Gasteiger partial charge is 0.124 e. The molecule has 0 saturated heterocycles. The lowest BCUT2D eigenvalue weighted by Crippen LogP contribution is -1.79. The molecule has 0 fully saturated rings. The molecular formula is C9H5BrClNO.